The van der Waals surface area contributed by atoms with Gasteiger partial charge in [-0.05, 0) is 85.7 Å². The molecule has 2 aromatic carbocycles. The van der Waals surface area contributed by atoms with Crippen molar-refractivity contribution in [2.75, 3.05) is 0 Å². The molecule has 0 fully saturated rings. The van der Waals surface area contributed by atoms with Crippen LogP contribution in [0.3, 0.4) is 0 Å². The van der Waals surface area contributed by atoms with Crippen LogP contribution in [0.4, 0.5) is 0 Å². The lowest BCUT2D eigenvalue weighted by molar-refractivity contribution is 0.177. The molecule has 21 heavy (non-hydrogen) atoms. The molecule has 1 N–H and O–H groups in total. The van der Waals surface area contributed by atoms with Gasteiger partial charge in [0.2, 0.25) is 0 Å². The maximum Gasteiger partial charge on any atom is 0.0835 e. The SMILES string of the molecule is Cc1c(C)c(C)c(C(O)Cc2cccc(Br)c2)c(C)c1C. The summed E-state index contributed by atoms with van der Waals surface area (Å²) in [5, 5.41) is 10.8. The van der Waals surface area contributed by atoms with Crippen LogP contribution in [-0.4, -0.2) is 5.11 Å². The van der Waals surface area contributed by atoms with Crippen LogP contribution < -0.4 is 0 Å². The summed E-state index contributed by atoms with van der Waals surface area (Å²) in [6.07, 6.45) is 0.181. The highest BCUT2D eigenvalue weighted by molar-refractivity contribution is 9.10. The molecule has 0 saturated heterocycles. The van der Waals surface area contributed by atoms with E-state index in [1.165, 1.54) is 27.8 Å². The average molecular weight is 347 g/mol. The van der Waals surface area contributed by atoms with E-state index in [9.17, 15) is 5.11 Å². The summed E-state index contributed by atoms with van der Waals surface area (Å²) in [6, 6.07) is 8.15. The standard InChI is InChI=1S/C19H23BrO/c1-11-12(2)14(4)19(15(5)13(11)3)18(21)10-16-7-6-8-17(20)9-16/h6-9,18,21H,10H2,1-5H3. The van der Waals surface area contributed by atoms with Crippen LogP contribution in [0, 0.1) is 34.6 Å². The normalized spacial score (nSPS) is 12.5. The van der Waals surface area contributed by atoms with Crippen LogP contribution in [-0.2, 0) is 6.42 Å². The molecule has 0 saturated carbocycles. The molecule has 2 heteroatoms. The van der Waals surface area contributed by atoms with Gasteiger partial charge in [-0.2, -0.15) is 0 Å². The van der Waals surface area contributed by atoms with Gasteiger partial charge in [0.15, 0.2) is 0 Å². The fourth-order valence-electron chi connectivity index (χ4n) is 3.02. The molecule has 0 spiro atoms. The van der Waals surface area contributed by atoms with Gasteiger partial charge in [0.25, 0.3) is 0 Å². The molecule has 0 bridgehead atoms. The van der Waals surface area contributed by atoms with Crippen molar-refractivity contribution in [1.29, 1.82) is 0 Å². The zero-order valence-electron chi connectivity index (χ0n) is 13.4. The van der Waals surface area contributed by atoms with E-state index in [1.807, 2.05) is 12.1 Å². The van der Waals surface area contributed by atoms with E-state index < -0.39 is 6.10 Å². The Morgan fingerprint density at radius 2 is 1.43 bits per heavy atom. The molecule has 0 amide bonds. The fraction of sp³-hybridized carbons (Fsp3) is 0.368. The molecular formula is C19H23BrO. The van der Waals surface area contributed by atoms with Crippen LogP contribution in [0.1, 0.15) is 45.0 Å². The lowest BCUT2D eigenvalue weighted by atomic mass is 9.85. The minimum atomic E-state index is -0.461. The van der Waals surface area contributed by atoms with Crippen molar-refractivity contribution in [3.05, 3.63) is 67.7 Å². The van der Waals surface area contributed by atoms with Crippen molar-refractivity contribution < 1.29 is 5.11 Å². The average Bonchev–Trinajstić information content (AvgIpc) is 2.43. The molecule has 0 heterocycles. The molecule has 1 unspecified atom stereocenters. The van der Waals surface area contributed by atoms with Gasteiger partial charge in [0.05, 0.1) is 6.10 Å². The number of aliphatic hydroxyl groups excluding tert-OH is 1. The van der Waals surface area contributed by atoms with Gasteiger partial charge in [0, 0.05) is 10.9 Å². The van der Waals surface area contributed by atoms with Gasteiger partial charge < -0.3 is 5.11 Å². The first-order valence-corrected chi connectivity index (χ1v) is 8.11. The lowest BCUT2D eigenvalue weighted by Gasteiger charge is -2.22. The van der Waals surface area contributed by atoms with Gasteiger partial charge in [0.1, 0.15) is 0 Å². The quantitative estimate of drug-likeness (QED) is 0.802. The molecule has 1 nitrogen and oxygen atoms in total. The van der Waals surface area contributed by atoms with E-state index in [-0.39, 0.29) is 0 Å². The van der Waals surface area contributed by atoms with E-state index in [2.05, 4.69) is 62.7 Å². The first-order valence-electron chi connectivity index (χ1n) is 7.32. The van der Waals surface area contributed by atoms with E-state index in [0.29, 0.717) is 6.42 Å². The molecule has 0 radical (unpaired) electrons. The van der Waals surface area contributed by atoms with Crippen LogP contribution in [0.25, 0.3) is 0 Å². The molecular weight excluding hydrogens is 324 g/mol. The Bertz CT molecular complexity index is 645. The lowest BCUT2D eigenvalue weighted by Crippen LogP contribution is -2.10. The molecule has 0 aliphatic heterocycles. The number of hydrogen-bond donors (Lipinski definition) is 1. The zero-order valence-corrected chi connectivity index (χ0v) is 15.0. The largest absolute Gasteiger partial charge is 0.388 e. The second-order valence-electron chi connectivity index (χ2n) is 5.89. The molecule has 112 valence electrons. The van der Waals surface area contributed by atoms with Gasteiger partial charge in [-0.15, -0.1) is 0 Å². The van der Waals surface area contributed by atoms with Crippen LogP contribution in [0.15, 0.2) is 28.7 Å². The summed E-state index contributed by atoms with van der Waals surface area (Å²) in [5.74, 6) is 0. The summed E-state index contributed by atoms with van der Waals surface area (Å²) in [7, 11) is 0. The Morgan fingerprint density at radius 3 is 1.95 bits per heavy atom. The van der Waals surface area contributed by atoms with E-state index in [0.717, 1.165) is 15.6 Å². The van der Waals surface area contributed by atoms with E-state index in [4.69, 9.17) is 0 Å². The number of halogens is 1. The smallest absolute Gasteiger partial charge is 0.0835 e. The molecule has 2 rings (SSSR count). The third kappa shape index (κ3) is 3.22. The Labute approximate surface area is 136 Å². The number of rotatable bonds is 3. The van der Waals surface area contributed by atoms with Gasteiger partial charge >= 0.3 is 0 Å². The molecule has 0 aromatic heterocycles. The van der Waals surface area contributed by atoms with E-state index >= 15 is 0 Å². The maximum atomic E-state index is 10.8. The van der Waals surface area contributed by atoms with Crippen molar-refractivity contribution in [3.8, 4) is 0 Å². The maximum absolute atomic E-state index is 10.8. The summed E-state index contributed by atoms with van der Waals surface area (Å²) in [4.78, 5) is 0. The summed E-state index contributed by atoms with van der Waals surface area (Å²) in [6.45, 7) is 10.7. The summed E-state index contributed by atoms with van der Waals surface area (Å²) >= 11 is 3.49. The summed E-state index contributed by atoms with van der Waals surface area (Å²) < 4.78 is 1.05. The zero-order chi connectivity index (χ0) is 15.7. The number of aliphatic hydroxyl groups is 1. The summed E-state index contributed by atoms with van der Waals surface area (Å²) in [5.41, 5.74) is 8.60. The molecule has 1 atom stereocenters. The van der Waals surface area contributed by atoms with Gasteiger partial charge in [-0.3, -0.25) is 0 Å². The minimum absolute atomic E-state index is 0.461. The molecule has 2 aromatic rings. The highest BCUT2D eigenvalue weighted by atomic mass is 79.9. The first-order chi connectivity index (χ1) is 9.82. The predicted octanol–water partition coefficient (Wildman–Crippen LogP) is 5.27. The van der Waals surface area contributed by atoms with E-state index in [1.54, 1.807) is 0 Å². The first kappa shape index (κ1) is 16.3. The molecule has 0 aliphatic rings. The Hall–Kier alpha value is -1.12. The predicted molar refractivity (Wildman–Crippen MR) is 92.9 cm³/mol. The monoisotopic (exact) mass is 346 g/mol. The van der Waals surface area contributed by atoms with Crippen LogP contribution in [0.2, 0.25) is 0 Å². The second kappa shape index (κ2) is 6.33. The topological polar surface area (TPSA) is 20.2 Å². The Morgan fingerprint density at radius 1 is 0.905 bits per heavy atom. The second-order valence-corrected chi connectivity index (χ2v) is 6.80. The van der Waals surface area contributed by atoms with Crippen LogP contribution in [0.5, 0.6) is 0 Å². The van der Waals surface area contributed by atoms with Crippen molar-refractivity contribution in [1.82, 2.24) is 0 Å². The van der Waals surface area contributed by atoms with Crippen molar-refractivity contribution in [2.45, 2.75) is 47.1 Å². The van der Waals surface area contributed by atoms with Gasteiger partial charge in [-0.1, -0.05) is 28.1 Å². The van der Waals surface area contributed by atoms with Crippen LogP contribution >= 0.6 is 15.9 Å². The van der Waals surface area contributed by atoms with Crippen molar-refractivity contribution in [2.24, 2.45) is 0 Å². The number of hydrogen-bond acceptors (Lipinski definition) is 1. The highest BCUT2D eigenvalue weighted by Crippen LogP contribution is 2.32. The fourth-order valence-corrected chi connectivity index (χ4v) is 3.46. The Balaban J connectivity index is 2.42. The third-order valence-corrected chi connectivity index (χ3v) is 5.20. The van der Waals surface area contributed by atoms with Crippen molar-refractivity contribution in [3.63, 3.8) is 0 Å². The van der Waals surface area contributed by atoms with Gasteiger partial charge in [-0.25, -0.2) is 0 Å². The highest BCUT2D eigenvalue weighted by Gasteiger charge is 2.18. The molecule has 0 aliphatic carbocycles. The number of benzene rings is 2. The van der Waals surface area contributed by atoms with Crippen molar-refractivity contribution >= 4 is 15.9 Å². The minimum Gasteiger partial charge on any atom is -0.388 e. The Kier molecular flexibility index (Phi) is 4.90. The third-order valence-electron chi connectivity index (χ3n) is 4.71.